The standard InChI is InChI=1S/C22H20Cl2N2O4/c1-28-20-7-5-15(11-18(20)24)26-22-17(21(27)25-12-16-3-2-8-29-16)10-13-9-14(23)4-6-19(13)30-22/h4-7,9-11,16H,2-3,8,12H2,1H3,(H,25,27)/t16-/m1/s1. The van der Waals surface area contributed by atoms with Gasteiger partial charge in [0.15, 0.2) is 0 Å². The van der Waals surface area contributed by atoms with E-state index in [0.29, 0.717) is 44.6 Å². The molecule has 156 valence electrons. The van der Waals surface area contributed by atoms with Crippen molar-refractivity contribution in [3.63, 3.8) is 0 Å². The van der Waals surface area contributed by atoms with E-state index in [1.807, 2.05) is 0 Å². The van der Waals surface area contributed by atoms with Gasteiger partial charge in [0.1, 0.15) is 16.9 Å². The van der Waals surface area contributed by atoms with Crippen molar-refractivity contribution < 1.29 is 18.7 Å². The minimum Gasteiger partial charge on any atom is -0.495 e. The lowest BCUT2D eigenvalue weighted by molar-refractivity contribution is 0.0854. The molecular weight excluding hydrogens is 427 g/mol. The third-order valence-corrected chi connectivity index (χ3v) is 5.36. The van der Waals surface area contributed by atoms with Gasteiger partial charge in [-0.2, -0.15) is 0 Å². The molecule has 3 aromatic rings. The predicted octanol–water partition coefficient (Wildman–Crippen LogP) is 4.89. The monoisotopic (exact) mass is 446 g/mol. The number of amides is 1. The van der Waals surface area contributed by atoms with Crippen molar-refractivity contribution >= 4 is 45.8 Å². The highest BCUT2D eigenvalue weighted by molar-refractivity contribution is 6.32. The first kappa shape index (κ1) is 20.7. The van der Waals surface area contributed by atoms with Crippen LogP contribution in [0.5, 0.6) is 5.75 Å². The second-order valence-electron chi connectivity index (χ2n) is 6.92. The number of nitrogens with one attached hydrogen (secondary N) is 1. The van der Waals surface area contributed by atoms with Crippen molar-refractivity contribution in [2.24, 2.45) is 4.99 Å². The molecule has 30 heavy (non-hydrogen) atoms. The van der Waals surface area contributed by atoms with Gasteiger partial charge < -0.3 is 19.2 Å². The van der Waals surface area contributed by atoms with Gasteiger partial charge in [-0.1, -0.05) is 23.2 Å². The molecule has 1 atom stereocenters. The Bertz CT molecular complexity index is 1150. The summed E-state index contributed by atoms with van der Waals surface area (Å²) in [6.07, 6.45) is 1.96. The van der Waals surface area contributed by atoms with E-state index in [1.54, 1.807) is 49.6 Å². The van der Waals surface area contributed by atoms with E-state index >= 15 is 0 Å². The smallest absolute Gasteiger partial charge is 0.256 e. The van der Waals surface area contributed by atoms with Crippen LogP contribution >= 0.6 is 23.2 Å². The van der Waals surface area contributed by atoms with E-state index in [-0.39, 0.29) is 17.6 Å². The quantitative estimate of drug-likeness (QED) is 0.605. The molecule has 1 fully saturated rings. The summed E-state index contributed by atoms with van der Waals surface area (Å²) in [5.41, 5.74) is 1.57. The maximum atomic E-state index is 12.9. The van der Waals surface area contributed by atoms with Crippen molar-refractivity contribution in [2.75, 3.05) is 20.3 Å². The van der Waals surface area contributed by atoms with E-state index < -0.39 is 0 Å². The minimum atomic E-state index is -0.297. The van der Waals surface area contributed by atoms with Gasteiger partial charge in [0.25, 0.3) is 5.91 Å². The Morgan fingerprint density at radius 2 is 2.10 bits per heavy atom. The molecule has 1 aliphatic heterocycles. The summed E-state index contributed by atoms with van der Waals surface area (Å²) in [7, 11) is 1.54. The van der Waals surface area contributed by atoms with Gasteiger partial charge in [-0.15, -0.1) is 0 Å². The third kappa shape index (κ3) is 4.61. The fourth-order valence-electron chi connectivity index (χ4n) is 3.30. The molecule has 0 unspecified atom stereocenters. The van der Waals surface area contributed by atoms with Crippen molar-refractivity contribution in [1.29, 1.82) is 0 Å². The Kier molecular flexibility index (Phi) is 6.27. The van der Waals surface area contributed by atoms with Crippen LogP contribution in [0.2, 0.25) is 10.0 Å². The van der Waals surface area contributed by atoms with Gasteiger partial charge in [-0.25, -0.2) is 4.99 Å². The molecule has 2 heterocycles. The molecule has 6 nitrogen and oxygen atoms in total. The molecule has 1 amide bonds. The fourth-order valence-corrected chi connectivity index (χ4v) is 3.73. The van der Waals surface area contributed by atoms with Crippen LogP contribution in [-0.4, -0.2) is 32.3 Å². The van der Waals surface area contributed by atoms with Crippen LogP contribution in [0.3, 0.4) is 0 Å². The summed E-state index contributed by atoms with van der Waals surface area (Å²) in [5.74, 6) is 0.240. The first-order valence-electron chi connectivity index (χ1n) is 9.55. The van der Waals surface area contributed by atoms with E-state index in [0.717, 1.165) is 19.4 Å². The van der Waals surface area contributed by atoms with Gasteiger partial charge in [0.2, 0.25) is 5.55 Å². The van der Waals surface area contributed by atoms with Crippen molar-refractivity contribution in [1.82, 2.24) is 5.32 Å². The lowest BCUT2D eigenvalue weighted by Gasteiger charge is -2.11. The van der Waals surface area contributed by atoms with E-state index in [9.17, 15) is 4.79 Å². The van der Waals surface area contributed by atoms with Gasteiger partial charge >= 0.3 is 0 Å². The maximum Gasteiger partial charge on any atom is 0.256 e. The zero-order valence-electron chi connectivity index (χ0n) is 16.3. The van der Waals surface area contributed by atoms with Crippen LogP contribution in [0.4, 0.5) is 5.69 Å². The van der Waals surface area contributed by atoms with Gasteiger partial charge in [-0.05, 0) is 55.3 Å². The number of fused-ring (bicyclic) bond motifs is 1. The zero-order valence-corrected chi connectivity index (χ0v) is 17.8. The second kappa shape index (κ2) is 9.08. The summed E-state index contributed by atoms with van der Waals surface area (Å²) < 4.78 is 16.7. The Balaban J connectivity index is 1.75. The molecule has 0 spiro atoms. The first-order valence-corrected chi connectivity index (χ1v) is 10.3. The molecule has 1 N–H and O–H groups in total. The first-order chi connectivity index (χ1) is 14.5. The average molecular weight is 447 g/mol. The summed E-state index contributed by atoms with van der Waals surface area (Å²) in [4.78, 5) is 17.5. The maximum absolute atomic E-state index is 12.9. The lowest BCUT2D eigenvalue weighted by atomic mass is 10.1. The number of hydrogen-bond donors (Lipinski definition) is 1. The third-order valence-electron chi connectivity index (χ3n) is 4.83. The van der Waals surface area contributed by atoms with Crippen molar-refractivity contribution in [3.05, 3.63) is 63.6 Å². The topological polar surface area (TPSA) is 73.1 Å². The molecule has 8 heteroatoms. The van der Waals surface area contributed by atoms with Crippen molar-refractivity contribution in [2.45, 2.75) is 18.9 Å². The molecule has 1 aromatic heterocycles. The SMILES string of the molecule is COc1ccc(N=c2oc3ccc(Cl)cc3cc2C(=O)NC[C@H]2CCCO2)cc1Cl. The number of benzene rings is 2. The van der Waals surface area contributed by atoms with E-state index in [2.05, 4.69) is 10.3 Å². The van der Waals surface area contributed by atoms with Crippen molar-refractivity contribution in [3.8, 4) is 5.75 Å². The van der Waals surface area contributed by atoms with Crippen LogP contribution in [0.15, 0.2) is 51.9 Å². The van der Waals surface area contributed by atoms with Crippen LogP contribution in [0.1, 0.15) is 23.2 Å². The summed E-state index contributed by atoms with van der Waals surface area (Å²) in [5, 5.41) is 4.58. The normalized spacial score (nSPS) is 16.8. The number of nitrogens with zero attached hydrogens (tertiary/aromatic N) is 1. The molecule has 1 aliphatic rings. The number of ether oxygens (including phenoxy) is 2. The zero-order chi connectivity index (χ0) is 21.1. The Morgan fingerprint density at radius 1 is 1.23 bits per heavy atom. The van der Waals surface area contributed by atoms with E-state index in [4.69, 9.17) is 37.1 Å². The summed E-state index contributed by atoms with van der Waals surface area (Å²) in [6, 6.07) is 12.0. The highest BCUT2D eigenvalue weighted by Gasteiger charge is 2.18. The van der Waals surface area contributed by atoms with Gasteiger partial charge in [0.05, 0.1) is 23.9 Å². The number of carbonyl (C=O) groups excluding carboxylic acids is 1. The van der Waals surface area contributed by atoms with Crippen LogP contribution in [0.25, 0.3) is 11.0 Å². The average Bonchev–Trinajstić information content (AvgIpc) is 3.25. The Labute approximate surface area is 183 Å². The molecule has 0 aliphatic carbocycles. The molecule has 2 aromatic carbocycles. The minimum absolute atomic E-state index is 0.0292. The summed E-state index contributed by atoms with van der Waals surface area (Å²) >= 11 is 12.3. The number of methoxy groups -OCH3 is 1. The number of carbonyl (C=O) groups is 1. The Morgan fingerprint density at radius 3 is 2.83 bits per heavy atom. The molecule has 1 saturated heterocycles. The molecule has 0 bridgehead atoms. The molecule has 4 rings (SSSR count). The molecular formula is C22H20Cl2N2O4. The van der Waals surface area contributed by atoms with Gasteiger partial charge in [0, 0.05) is 23.6 Å². The summed E-state index contributed by atoms with van der Waals surface area (Å²) in [6.45, 7) is 1.16. The van der Waals surface area contributed by atoms with Gasteiger partial charge in [-0.3, -0.25) is 4.79 Å². The number of rotatable bonds is 5. The lowest BCUT2D eigenvalue weighted by Crippen LogP contribution is -2.34. The molecule has 0 radical (unpaired) electrons. The second-order valence-corrected chi connectivity index (χ2v) is 7.77. The number of halogens is 2. The van der Waals surface area contributed by atoms with Crippen LogP contribution in [0, 0.1) is 0 Å². The highest BCUT2D eigenvalue weighted by Crippen LogP contribution is 2.28. The van der Waals surface area contributed by atoms with Crippen LogP contribution < -0.4 is 15.6 Å². The Hall–Kier alpha value is -2.54. The van der Waals surface area contributed by atoms with Crippen LogP contribution in [-0.2, 0) is 4.74 Å². The number of hydrogen-bond acceptors (Lipinski definition) is 5. The highest BCUT2D eigenvalue weighted by atomic mass is 35.5. The fraction of sp³-hybridized carbons (Fsp3) is 0.273. The molecule has 0 saturated carbocycles. The predicted molar refractivity (Wildman–Crippen MR) is 116 cm³/mol. The largest absolute Gasteiger partial charge is 0.495 e. The van der Waals surface area contributed by atoms with E-state index in [1.165, 1.54) is 0 Å².